The van der Waals surface area contributed by atoms with Gasteiger partial charge in [-0.25, -0.2) is 4.98 Å². The molecule has 1 aromatic carbocycles. The molecule has 0 saturated carbocycles. The third-order valence-electron chi connectivity index (χ3n) is 5.60. The lowest BCUT2D eigenvalue weighted by Crippen LogP contribution is -2.23. The van der Waals surface area contributed by atoms with Gasteiger partial charge in [0.2, 0.25) is 11.8 Å². The highest BCUT2D eigenvalue weighted by molar-refractivity contribution is 6.05. The van der Waals surface area contributed by atoms with Crippen LogP contribution in [0.2, 0.25) is 0 Å². The molecule has 34 heavy (non-hydrogen) atoms. The number of carbonyl (C=O) groups excluding carboxylic acids is 2. The molecule has 0 unspecified atom stereocenters. The first-order valence-electron chi connectivity index (χ1n) is 10.9. The van der Waals surface area contributed by atoms with Crippen molar-refractivity contribution in [1.29, 1.82) is 0 Å². The number of rotatable bonds is 8. The Kier molecular flexibility index (Phi) is 6.62. The zero-order chi connectivity index (χ0) is 24.2. The van der Waals surface area contributed by atoms with Crippen LogP contribution in [0.1, 0.15) is 51.0 Å². The van der Waals surface area contributed by atoms with Crippen LogP contribution in [-0.2, 0) is 17.8 Å². The van der Waals surface area contributed by atoms with Gasteiger partial charge in [0.1, 0.15) is 23.0 Å². The van der Waals surface area contributed by atoms with Crippen LogP contribution in [0.4, 0.5) is 5.69 Å². The van der Waals surface area contributed by atoms with Crippen LogP contribution in [0.15, 0.2) is 50.0 Å². The highest BCUT2D eigenvalue weighted by Crippen LogP contribution is 2.25. The van der Waals surface area contributed by atoms with E-state index in [4.69, 9.17) is 13.4 Å². The van der Waals surface area contributed by atoms with Gasteiger partial charge in [-0.2, -0.15) is 0 Å². The van der Waals surface area contributed by atoms with Crippen molar-refractivity contribution >= 4 is 17.5 Å². The number of carbonyl (C=O) groups is 2. The molecule has 0 bridgehead atoms. The number of furan rings is 1. The molecule has 3 aromatic heterocycles. The largest absolute Gasteiger partial charge is 0.469 e. The SMILES string of the molecule is Cc1noc(C)c1CCC(=O)NCc1nc(-c2cccc(NC(=O)c3ccoc3C)c2)oc1C. The lowest BCUT2D eigenvalue weighted by Gasteiger charge is -2.05. The van der Waals surface area contributed by atoms with Crippen LogP contribution in [0.25, 0.3) is 11.5 Å². The minimum Gasteiger partial charge on any atom is -0.469 e. The summed E-state index contributed by atoms with van der Waals surface area (Å²) in [6, 6.07) is 8.84. The van der Waals surface area contributed by atoms with Gasteiger partial charge in [0.25, 0.3) is 5.91 Å². The molecule has 0 aliphatic heterocycles. The minimum absolute atomic E-state index is 0.0943. The van der Waals surface area contributed by atoms with E-state index in [1.54, 1.807) is 32.0 Å². The van der Waals surface area contributed by atoms with Gasteiger partial charge in [-0.05, 0) is 58.4 Å². The summed E-state index contributed by atoms with van der Waals surface area (Å²) in [5, 5.41) is 9.65. The first-order chi connectivity index (χ1) is 16.3. The van der Waals surface area contributed by atoms with Crippen LogP contribution in [0, 0.1) is 27.7 Å². The Balaban J connectivity index is 1.38. The lowest BCUT2D eigenvalue weighted by atomic mass is 10.1. The van der Waals surface area contributed by atoms with E-state index >= 15 is 0 Å². The zero-order valence-electron chi connectivity index (χ0n) is 19.5. The van der Waals surface area contributed by atoms with Gasteiger partial charge in [-0.15, -0.1) is 0 Å². The second kappa shape index (κ2) is 9.78. The number of nitrogens with one attached hydrogen (secondary N) is 2. The number of aromatic nitrogens is 2. The highest BCUT2D eigenvalue weighted by Gasteiger charge is 2.16. The molecule has 9 nitrogen and oxygen atoms in total. The van der Waals surface area contributed by atoms with E-state index in [-0.39, 0.29) is 18.4 Å². The summed E-state index contributed by atoms with van der Waals surface area (Å²) in [5.41, 5.74) is 4.20. The first-order valence-corrected chi connectivity index (χ1v) is 10.9. The Hall–Kier alpha value is -4.14. The molecule has 0 aliphatic rings. The Morgan fingerprint density at radius 3 is 2.56 bits per heavy atom. The number of hydrogen-bond donors (Lipinski definition) is 2. The van der Waals surface area contributed by atoms with Crippen molar-refractivity contribution in [2.24, 2.45) is 0 Å². The fourth-order valence-electron chi connectivity index (χ4n) is 3.63. The van der Waals surface area contributed by atoms with E-state index in [1.807, 2.05) is 26.0 Å². The van der Waals surface area contributed by atoms with Crippen molar-refractivity contribution in [3.63, 3.8) is 0 Å². The van der Waals surface area contributed by atoms with E-state index in [9.17, 15) is 9.59 Å². The highest BCUT2D eigenvalue weighted by atomic mass is 16.5. The second-order valence-corrected chi connectivity index (χ2v) is 8.03. The predicted octanol–water partition coefficient (Wildman–Crippen LogP) is 4.66. The minimum atomic E-state index is -0.257. The molecule has 0 fully saturated rings. The van der Waals surface area contributed by atoms with Crippen LogP contribution in [0.3, 0.4) is 0 Å². The molecule has 4 rings (SSSR count). The van der Waals surface area contributed by atoms with Gasteiger partial charge in [-0.3, -0.25) is 9.59 Å². The van der Waals surface area contributed by atoms with Crippen molar-refractivity contribution in [2.75, 3.05) is 5.32 Å². The maximum Gasteiger partial charge on any atom is 0.259 e. The summed E-state index contributed by atoms with van der Waals surface area (Å²) < 4.78 is 16.2. The second-order valence-electron chi connectivity index (χ2n) is 8.03. The number of amides is 2. The molecule has 0 spiro atoms. The van der Waals surface area contributed by atoms with Crippen LogP contribution in [-0.4, -0.2) is 22.0 Å². The van der Waals surface area contributed by atoms with Crippen molar-refractivity contribution in [2.45, 2.75) is 47.1 Å². The molecule has 176 valence electrons. The average molecular weight is 463 g/mol. The number of aryl methyl sites for hydroxylation is 4. The normalized spacial score (nSPS) is 10.9. The van der Waals surface area contributed by atoms with Crippen molar-refractivity contribution in [3.05, 3.63) is 76.4 Å². The molecule has 9 heteroatoms. The first kappa shape index (κ1) is 23.0. The van der Waals surface area contributed by atoms with Gasteiger partial charge < -0.3 is 24.0 Å². The standard InChI is InChI=1S/C25H26N4O5/c1-14-20(16(3)34-29-14)8-9-23(30)26-13-22-17(4)33-25(28-22)18-6-5-7-19(12-18)27-24(31)21-10-11-32-15(21)2/h5-7,10-12H,8-9,13H2,1-4H3,(H,26,30)(H,27,31). The third-order valence-corrected chi connectivity index (χ3v) is 5.60. The zero-order valence-corrected chi connectivity index (χ0v) is 19.5. The van der Waals surface area contributed by atoms with Gasteiger partial charge in [0, 0.05) is 23.2 Å². The average Bonchev–Trinajstić information content (AvgIpc) is 3.50. The molecule has 0 aliphatic carbocycles. The number of hydrogen-bond acceptors (Lipinski definition) is 7. The third kappa shape index (κ3) is 5.09. The van der Waals surface area contributed by atoms with Crippen LogP contribution >= 0.6 is 0 Å². The van der Waals surface area contributed by atoms with E-state index in [1.165, 1.54) is 6.26 Å². The van der Waals surface area contributed by atoms with Gasteiger partial charge in [0.15, 0.2) is 0 Å². The maximum atomic E-state index is 12.5. The summed E-state index contributed by atoms with van der Waals surface area (Å²) in [6.45, 7) is 7.49. The number of nitrogens with zero attached hydrogens (tertiary/aromatic N) is 2. The Morgan fingerprint density at radius 1 is 1.03 bits per heavy atom. The van der Waals surface area contributed by atoms with Crippen molar-refractivity contribution < 1.29 is 22.9 Å². The topological polar surface area (TPSA) is 123 Å². The van der Waals surface area contributed by atoms with Crippen LogP contribution in [0.5, 0.6) is 0 Å². The quantitative estimate of drug-likeness (QED) is 0.390. The smallest absolute Gasteiger partial charge is 0.259 e. The fourth-order valence-corrected chi connectivity index (χ4v) is 3.63. The maximum absolute atomic E-state index is 12.5. The van der Waals surface area contributed by atoms with E-state index in [2.05, 4.69) is 20.8 Å². The molecule has 2 amide bonds. The summed E-state index contributed by atoms with van der Waals surface area (Å²) in [5.74, 6) is 1.96. The van der Waals surface area contributed by atoms with E-state index in [0.717, 1.165) is 17.0 Å². The molecular formula is C25H26N4O5. The van der Waals surface area contributed by atoms with Gasteiger partial charge >= 0.3 is 0 Å². The fraction of sp³-hybridized carbons (Fsp3) is 0.280. The summed E-state index contributed by atoms with van der Waals surface area (Å²) in [4.78, 5) is 29.3. The molecule has 3 heterocycles. The van der Waals surface area contributed by atoms with E-state index < -0.39 is 0 Å². The van der Waals surface area contributed by atoms with Crippen molar-refractivity contribution in [3.8, 4) is 11.5 Å². The Labute approximate surface area is 196 Å². The summed E-state index contributed by atoms with van der Waals surface area (Å²) >= 11 is 0. The molecule has 2 N–H and O–H groups in total. The Bertz CT molecular complexity index is 1310. The van der Waals surface area contributed by atoms with Gasteiger partial charge in [-0.1, -0.05) is 11.2 Å². The molecule has 4 aromatic rings. The lowest BCUT2D eigenvalue weighted by molar-refractivity contribution is -0.121. The Morgan fingerprint density at radius 2 is 1.85 bits per heavy atom. The molecule has 0 saturated heterocycles. The summed E-state index contributed by atoms with van der Waals surface area (Å²) in [6.07, 6.45) is 2.37. The van der Waals surface area contributed by atoms with Gasteiger partial charge in [0.05, 0.1) is 24.1 Å². The number of anilines is 1. The van der Waals surface area contributed by atoms with Crippen LogP contribution < -0.4 is 10.6 Å². The monoisotopic (exact) mass is 462 g/mol. The molecule has 0 atom stereocenters. The van der Waals surface area contributed by atoms with Crippen molar-refractivity contribution in [1.82, 2.24) is 15.5 Å². The molecular weight excluding hydrogens is 436 g/mol. The number of benzene rings is 1. The predicted molar refractivity (Wildman–Crippen MR) is 124 cm³/mol. The molecule has 0 radical (unpaired) electrons. The summed E-state index contributed by atoms with van der Waals surface area (Å²) in [7, 11) is 0. The number of oxazole rings is 1. The van der Waals surface area contributed by atoms with E-state index in [0.29, 0.717) is 52.8 Å².